The number of nitrogens with zero attached hydrogens (tertiary/aromatic N) is 2. The second kappa shape index (κ2) is 6.86. The summed E-state index contributed by atoms with van der Waals surface area (Å²) in [5.41, 5.74) is 5.41. The van der Waals surface area contributed by atoms with Crippen molar-refractivity contribution in [2.75, 3.05) is 40.3 Å². The molecule has 2 N–H and O–H groups in total. The summed E-state index contributed by atoms with van der Waals surface area (Å²) in [4.78, 5) is 16.0. The lowest BCUT2D eigenvalue weighted by Crippen LogP contribution is -2.40. The number of amides is 1. The number of likely N-dealkylation sites (tertiary alicyclic amines) is 1. The molecule has 0 radical (unpaired) electrons. The first kappa shape index (κ1) is 13.5. The molecule has 0 aromatic rings. The number of piperidine rings is 1. The van der Waals surface area contributed by atoms with Crippen LogP contribution in [0.3, 0.4) is 0 Å². The van der Waals surface area contributed by atoms with E-state index in [0.29, 0.717) is 13.0 Å². The van der Waals surface area contributed by atoms with E-state index in [1.165, 1.54) is 0 Å². The maximum Gasteiger partial charge on any atom is 0.222 e. The molecule has 0 spiro atoms. The van der Waals surface area contributed by atoms with Gasteiger partial charge in [0.05, 0.1) is 0 Å². The van der Waals surface area contributed by atoms with Crippen molar-refractivity contribution in [1.82, 2.24) is 9.80 Å². The van der Waals surface area contributed by atoms with Crippen LogP contribution in [0.4, 0.5) is 0 Å². The Morgan fingerprint density at radius 1 is 1.38 bits per heavy atom. The van der Waals surface area contributed by atoms with Gasteiger partial charge >= 0.3 is 0 Å². The van der Waals surface area contributed by atoms with Crippen molar-refractivity contribution in [2.45, 2.75) is 25.7 Å². The molecule has 1 aliphatic heterocycles. The lowest BCUT2D eigenvalue weighted by Gasteiger charge is -2.33. The van der Waals surface area contributed by atoms with Gasteiger partial charge in [0.25, 0.3) is 0 Å². The first-order chi connectivity index (χ1) is 7.63. The van der Waals surface area contributed by atoms with Crippen molar-refractivity contribution in [3.05, 3.63) is 0 Å². The summed E-state index contributed by atoms with van der Waals surface area (Å²) in [7, 11) is 4.22. The molecular formula is C12H25N3O. The Balaban J connectivity index is 2.23. The fraction of sp³-hybridized carbons (Fsp3) is 0.917. The molecule has 1 rings (SSSR count). The second-order valence-electron chi connectivity index (χ2n) is 4.98. The molecule has 0 saturated carbocycles. The van der Waals surface area contributed by atoms with Gasteiger partial charge in [-0.25, -0.2) is 0 Å². The Morgan fingerprint density at radius 2 is 2.00 bits per heavy atom. The summed E-state index contributed by atoms with van der Waals surface area (Å²) < 4.78 is 0. The molecule has 1 saturated heterocycles. The lowest BCUT2D eigenvalue weighted by atomic mass is 9.96. The van der Waals surface area contributed by atoms with E-state index in [2.05, 4.69) is 19.0 Å². The lowest BCUT2D eigenvalue weighted by molar-refractivity contribution is -0.132. The fourth-order valence-corrected chi connectivity index (χ4v) is 2.29. The Morgan fingerprint density at radius 3 is 2.50 bits per heavy atom. The number of hydrogen-bond donors (Lipinski definition) is 1. The van der Waals surface area contributed by atoms with Crippen LogP contribution in [0.5, 0.6) is 0 Å². The average Bonchev–Trinajstić information content (AvgIpc) is 2.26. The third kappa shape index (κ3) is 4.49. The van der Waals surface area contributed by atoms with Gasteiger partial charge in [-0.2, -0.15) is 0 Å². The van der Waals surface area contributed by atoms with E-state index >= 15 is 0 Å². The number of hydrogen-bond acceptors (Lipinski definition) is 3. The molecule has 0 aliphatic carbocycles. The molecular weight excluding hydrogens is 202 g/mol. The molecule has 1 heterocycles. The van der Waals surface area contributed by atoms with Gasteiger partial charge < -0.3 is 15.5 Å². The molecule has 1 aliphatic rings. The minimum atomic E-state index is 0.286. The van der Waals surface area contributed by atoms with Crippen molar-refractivity contribution >= 4 is 5.91 Å². The quantitative estimate of drug-likeness (QED) is 0.745. The van der Waals surface area contributed by atoms with Crippen LogP contribution in [0.25, 0.3) is 0 Å². The maximum absolute atomic E-state index is 11.7. The number of carbonyl (C=O) groups excluding carboxylic acids is 1. The summed E-state index contributed by atoms with van der Waals surface area (Å²) in [5.74, 6) is 1.04. The highest BCUT2D eigenvalue weighted by molar-refractivity contribution is 5.76. The molecule has 4 nitrogen and oxygen atoms in total. The fourth-order valence-electron chi connectivity index (χ4n) is 2.29. The zero-order valence-electron chi connectivity index (χ0n) is 10.6. The summed E-state index contributed by atoms with van der Waals surface area (Å²) in [6, 6.07) is 0. The van der Waals surface area contributed by atoms with Gasteiger partial charge in [-0.05, 0) is 45.8 Å². The van der Waals surface area contributed by atoms with Crippen molar-refractivity contribution in [1.29, 1.82) is 0 Å². The van der Waals surface area contributed by atoms with Crippen LogP contribution in [-0.4, -0.2) is 56.0 Å². The van der Waals surface area contributed by atoms with Gasteiger partial charge in [0, 0.05) is 26.1 Å². The van der Waals surface area contributed by atoms with Gasteiger partial charge in [0.2, 0.25) is 5.91 Å². The number of rotatable bonds is 5. The minimum absolute atomic E-state index is 0.286. The SMILES string of the molecule is CN(C)CC1CCN(C(=O)CCCN)CC1. The highest BCUT2D eigenvalue weighted by atomic mass is 16.2. The summed E-state index contributed by atoms with van der Waals surface area (Å²) >= 11 is 0. The molecule has 1 fully saturated rings. The summed E-state index contributed by atoms with van der Waals surface area (Å²) in [5, 5.41) is 0. The van der Waals surface area contributed by atoms with Gasteiger partial charge in [-0.1, -0.05) is 0 Å². The topological polar surface area (TPSA) is 49.6 Å². The Kier molecular flexibility index (Phi) is 5.77. The summed E-state index contributed by atoms with van der Waals surface area (Å²) in [6.45, 7) is 3.62. The third-order valence-corrected chi connectivity index (χ3v) is 3.19. The van der Waals surface area contributed by atoms with Crippen LogP contribution in [0.1, 0.15) is 25.7 Å². The smallest absolute Gasteiger partial charge is 0.222 e. The Bertz CT molecular complexity index is 210. The van der Waals surface area contributed by atoms with Gasteiger partial charge in [0.15, 0.2) is 0 Å². The highest BCUT2D eigenvalue weighted by Gasteiger charge is 2.22. The molecule has 94 valence electrons. The third-order valence-electron chi connectivity index (χ3n) is 3.19. The monoisotopic (exact) mass is 227 g/mol. The van der Waals surface area contributed by atoms with Crippen LogP contribution in [0.15, 0.2) is 0 Å². The minimum Gasteiger partial charge on any atom is -0.343 e. The second-order valence-corrected chi connectivity index (χ2v) is 4.98. The predicted octanol–water partition coefficient (Wildman–Crippen LogP) is 0.526. The van der Waals surface area contributed by atoms with Gasteiger partial charge in [-0.15, -0.1) is 0 Å². The Hall–Kier alpha value is -0.610. The molecule has 0 bridgehead atoms. The van der Waals surface area contributed by atoms with Crippen LogP contribution in [0.2, 0.25) is 0 Å². The number of nitrogens with two attached hydrogens (primary N) is 1. The normalized spacial score (nSPS) is 18.1. The van der Waals surface area contributed by atoms with Crippen LogP contribution < -0.4 is 5.73 Å². The van der Waals surface area contributed by atoms with E-state index in [4.69, 9.17) is 5.73 Å². The van der Waals surface area contributed by atoms with Gasteiger partial charge in [0.1, 0.15) is 0 Å². The molecule has 1 amide bonds. The van der Waals surface area contributed by atoms with E-state index in [9.17, 15) is 4.79 Å². The largest absolute Gasteiger partial charge is 0.343 e. The first-order valence-corrected chi connectivity index (χ1v) is 6.26. The van der Waals surface area contributed by atoms with Crippen molar-refractivity contribution in [3.63, 3.8) is 0 Å². The number of carbonyl (C=O) groups is 1. The summed E-state index contributed by atoms with van der Waals surface area (Å²) in [6.07, 6.45) is 3.73. The molecule has 16 heavy (non-hydrogen) atoms. The molecule has 0 unspecified atom stereocenters. The zero-order valence-corrected chi connectivity index (χ0v) is 10.6. The van der Waals surface area contributed by atoms with Crippen molar-refractivity contribution in [2.24, 2.45) is 11.7 Å². The molecule has 0 atom stereocenters. The standard InChI is InChI=1S/C12H25N3O/c1-14(2)10-11-5-8-15(9-6-11)12(16)4-3-7-13/h11H,3-10,13H2,1-2H3. The molecule has 4 heteroatoms. The van der Waals surface area contributed by atoms with E-state index in [1.807, 2.05) is 4.90 Å². The van der Waals surface area contributed by atoms with Crippen LogP contribution >= 0.6 is 0 Å². The van der Waals surface area contributed by atoms with Crippen molar-refractivity contribution < 1.29 is 4.79 Å². The van der Waals surface area contributed by atoms with E-state index in [-0.39, 0.29) is 5.91 Å². The molecule has 0 aromatic heterocycles. The van der Waals surface area contributed by atoms with Crippen LogP contribution in [0, 0.1) is 5.92 Å². The maximum atomic E-state index is 11.7. The van der Waals surface area contributed by atoms with E-state index in [1.54, 1.807) is 0 Å². The van der Waals surface area contributed by atoms with E-state index in [0.717, 1.165) is 44.8 Å². The van der Waals surface area contributed by atoms with Crippen LogP contribution in [-0.2, 0) is 4.79 Å². The van der Waals surface area contributed by atoms with Crippen molar-refractivity contribution in [3.8, 4) is 0 Å². The van der Waals surface area contributed by atoms with E-state index < -0.39 is 0 Å². The first-order valence-electron chi connectivity index (χ1n) is 6.26. The average molecular weight is 227 g/mol. The Labute approximate surface area is 98.8 Å². The predicted molar refractivity (Wildman–Crippen MR) is 66.1 cm³/mol. The molecule has 0 aromatic carbocycles. The van der Waals surface area contributed by atoms with Gasteiger partial charge in [-0.3, -0.25) is 4.79 Å². The zero-order chi connectivity index (χ0) is 12.0. The highest BCUT2D eigenvalue weighted by Crippen LogP contribution is 2.18.